The number of fused-ring (bicyclic) bond motifs is 1. The number of nitrogens with two attached hydrogens (primary N) is 1. The molecule has 0 bridgehead atoms. The topological polar surface area (TPSA) is 124 Å². The number of nitrogens with zero attached hydrogens (tertiary/aromatic N) is 3. The van der Waals surface area contributed by atoms with Crippen LogP contribution in [-0.4, -0.2) is 73.5 Å². The van der Waals surface area contributed by atoms with E-state index in [4.69, 9.17) is 14.6 Å². The van der Waals surface area contributed by atoms with Gasteiger partial charge in [-0.1, -0.05) is 50.3 Å². The fourth-order valence-electron chi connectivity index (χ4n) is 7.39. The molecule has 0 saturated heterocycles. The zero-order valence-corrected chi connectivity index (χ0v) is 30.7. The van der Waals surface area contributed by atoms with Crippen LogP contribution < -0.4 is 9.88 Å². The van der Waals surface area contributed by atoms with Crippen molar-refractivity contribution in [3.63, 3.8) is 0 Å². The number of rotatable bonds is 13. The summed E-state index contributed by atoms with van der Waals surface area (Å²) in [5.41, 5.74) is 4.45. The molecule has 2 saturated carbocycles. The van der Waals surface area contributed by atoms with Crippen LogP contribution in [0.15, 0.2) is 42.5 Å². The van der Waals surface area contributed by atoms with Gasteiger partial charge in [0.15, 0.2) is 6.61 Å². The summed E-state index contributed by atoms with van der Waals surface area (Å²) in [6.45, 7) is 6.32. The minimum Gasteiger partial charge on any atom is -0.483 e. The second-order valence-electron chi connectivity index (χ2n) is 14.8. The van der Waals surface area contributed by atoms with Gasteiger partial charge in [0.05, 0.1) is 11.3 Å². The third-order valence-corrected chi connectivity index (χ3v) is 11.0. The van der Waals surface area contributed by atoms with Gasteiger partial charge in [0.2, 0.25) is 0 Å². The number of hydrogen-bond donors (Lipinski definition) is 1. The number of likely N-dealkylation sites (N-methyl/N-ethyl adjacent to an activating group) is 1. The number of hydrogen-bond acceptors (Lipinski definition) is 6. The van der Waals surface area contributed by atoms with Crippen molar-refractivity contribution in [1.82, 2.24) is 13.8 Å². The molecule has 49 heavy (non-hydrogen) atoms. The molecule has 0 unspecified atom stereocenters. The van der Waals surface area contributed by atoms with Crippen LogP contribution in [-0.2, 0) is 19.7 Å². The van der Waals surface area contributed by atoms with Gasteiger partial charge in [-0.05, 0) is 95.0 Å². The molecule has 0 radical (unpaired) electrons. The number of amides is 1. The Labute approximate surface area is 292 Å². The van der Waals surface area contributed by atoms with Crippen molar-refractivity contribution in [3.8, 4) is 17.0 Å². The molecule has 11 heteroatoms. The maximum absolute atomic E-state index is 13.3. The lowest BCUT2D eigenvalue weighted by Crippen LogP contribution is -2.35. The fourth-order valence-corrected chi connectivity index (χ4v) is 7.78. The molecule has 2 aliphatic carbocycles. The molecule has 3 aromatic rings. The Hall–Kier alpha value is -3.41. The fraction of sp³-hybridized carbons (Fsp3) is 0.579. The number of carbonyl (C=O) groups excluding carboxylic acids is 2. The Bertz CT molecular complexity index is 1730. The Kier molecular flexibility index (Phi) is 11.8. The first-order chi connectivity index (χ1) is 23.2. The molecule has 2 aromatic carbocycles. The highest BCUT2D eigenvalue weighted by Crippen LogP contribution is 2.49. The van der Waals surface area contributed by atoms with Crippen LogP contribution in [0, 0.1) is 0 Å². The second-order valence-corrected chi connectivity index (χ2v) is 16.5. The number of aromatic nitrogens is 1. The summed E-state index contributed by atoms with van der Waals surface area (Å²) < 4.78 is 38.7. The van der Waals surface area contributed by atoms with Gasteiger partial charge in [0, 0.05) is 49.7 Å². The first-order valence-electron chi connectivity index (χ1n) is 17.9. The molecule has 10 nitrogen and oxygen atoms in total. The first kappa shape index (κ1) is 36.9. The van der Waals surface area contributed by atoms with Crippen LogP contribution in [0.5, 0.6) is 5.75 Å². The molecule has 2 N–H and O–H groups in total. The molecular formula is C38H54N4O6S. The van der Waals surface area contributed by atoms with Crippen molar-refractivity contribution in [3.05, 3.63) is 53.6 Å². The van der Waals surface area contributed by atoms with Crippen LogP contribution in [0.3, 0.4) is 0 Å². The third kappa shape index (κ3) is 9.04. The summed E-state index contributed by atoms with van der Waals surface area (Å²) in [6.07, 6.45) is 11.5. The predicted molar refractivity (Wildman–Crippen MR) is 194 cm³/mol. The van der Waals surface area contributed by atoms with Gasteiger partial charge >= 0.3 is 5.97 Å². The summed E-state index contributed by atoms with van der Waals surface area (Å²) in [4.78, 5) is 28.1. The predicted octanol–water partition coefficient (Wildman–Crippen LogP) is 7.18. The van der Waals surface area contributed by atoms with Gasteiger partial charge in [-0.2, -0.15) is 12.7 Å². The molecule has 2 aliphatic rings. The minimum atomic E-state index is -3.72. The van der Waals surface area contributed by atoms with Crippen molar-refractivity contribution < 1.29 is 27.5 Å². The lowest BCUT2D eigenvalue weighted by Gasteiger charge is -2.26. The Morgan fingerprint density at radius 1 is 0.918 bits per heavy atom. The zero-order valence-electron chi connectivity index (χ0n) is 29.9. The highest BCUT2D eigenvalue weighted by atomic mass is 32.2. The van der Waals surface area contributed by atoms with Crippen LogP contribution in [0.1, 0.15) is 119 Å². The van der Waals surface area contributed by atoms with Gasteiger partial charge in [-0.25, -0.2) is 9.93 Å². The normalized spacial score (nSPS) is 16.4. The van der Waals surface area contributed by atoms with E-state index in [2.05, 4.69) is 16.7 Å². The van der Waals surface area contributed by atoms with Gasteiger partial charge < -0.3 is 18.9 Å². The lowest BCUT2D eigenvalue weighted by molar-refractivity contribution is -0.132. The molecule has 268 valence electrons. The van der Waals surface area contributed by atoms with E-state index in [0.29, 0.717) is 43.2 Å². The van der Waals surface area contributed by atoms with Gasteiger partial charge in [-0.3, -0.25) is 4.79 Å². The maximum atomic E-state index is 13.3. The molecule has 1 heterocycles. The van der Waals surface area contributed by atoms with E-state index >= 15 is 0 Å². The van der Waals surface area contributed by atoms with Crippen molar-refractivity contribution in [1.29, 1.82) is 0 Å². The lowest BCUT2D eigenvalue weighted by atomic mass is 9.81. The third-order valence-electron chi connectivity index (χ3n) is 9.95. The summed E-state index contributed by atoms with van der Waals surface area (Å²) in [5, 5.41) is 6.35. The molecule has 0 aliphatic heterocycles. The van der Waals surface area contributed by atoms with E-state index in [-0.39, 0.29) is 24.5 Å². The molecule has 0 spiro atoms. The Morgan fingerprint density at radius 3 is 2.24 bits per heavy atom. The largest absolute Gasteiger partial charge is 0.483 e. The monoisotopic (exact) mass is 694 g/mol. The Balaban J connectivity index is 1.49. The number of carbonyl (C=O) groups is 2. The quantitative estimate of drug-likeness (QED) is 0.149. The summed E-state index contributed by atoms with van der Waals surface area (Å²) in [6, 6.07) is 14.4. The summed E-state index contributed by atoms with van der Waals surface area (Å²) >= 11 is 0. The van der Waals surface area contributed by atoms with E-state index < -0.39 is 15.8 Å². The standard InChI is InChI=1S/C38H54N4O6S/c1-38(2,3)48-37(44)28-21-22-30-32(25-28)42(29-17-9-10-18-29)36(35(30)27-15-7-6-8-16-27)31-19-11-12-20-33(31)47-26-34(43)40(4)23-13-14-24-41(5)49(39,45)46/h11-12,19-22,25,27,29H,6-10,13-18,23-24,26H2,1-5H3,(H2,39,45,46). The molecular weight excluding hydrogens is 641 g/mol. The number of ether oxygens (including phenoxy) is 2. The summed E-state index contributed by atoms with van der Waals surface area (Å²) in [5.74, 6) is 0.568. The molecule has 1 aromatic heterocycles. The van der Waals surface area contributed by atoms with E-state index in [1.165, 1.54) is 37.3 Å². The van der Waals surface area contributed by atoms with E-state index in [9.17, 15) is 18.0 Å². The number of unbranched alkanes of at least 4 members (excludes halogenated alkanes) is 1. The number of benzene rings is 2. The number of para-hydroxylation sites is 1. The highest BCUT2D eigenvalue weighted by Gasteiger charge is 2.32. The summed E-state index contributed by atoms with van der Waals surface area (Å²) in [7, 11) is -0.532. The highest BCUT2D eigenvalue weighted by molar-refractivity contribution is 7.86. The van der Waals surface area contributed by atoms with Gasteiger partial charge in [0.1, 0.15) is 11.4 Å². The van der Waals surface area contributed by atoms with Crippen molar-refractivity contribution in [2.45, 2.75) is 109 Å². The van der Waals surface area contributed by atoms with Crippen molar-refractivity contribution in [2.75, 3.05) is 33.8 Å². The van der Waals surface area contributed by atoms with E-state index in [0.717, 1.165) is 59.6 Å². The zero-order chi connectivity index (χ0) is 35.3. The smallest absolute Gasteiger partial charge is 0.338 e. The molecule has 1 amide bonds. The van der Waals surface area contributed by atoms with Crippen LogP contribution in [0.4, 0.5) is 0 Å². The van der Waals surface area contributed by atoms with Gasteiger partial charge in [-0.15, -0.1) is 0 Å². The number of esters is 1. The van der Waals surface area contributed by atoms with Crippen LogP contribution >= 0.6 is 0 Å². The van der Waals surface area contributed by atoms with Crippen molar-refractivity contribution >= 4 is 33.0 Å². The van der Waals surface area contributed by atoms with Crippen LogP contribution in [0.2, 0.25) is 0 Å². The average molecular weight is 695 g/mol. The molecule has 5 rings (SSSR count). The minimum absolute atomic E-state index is 0.115. The van der Waals surface area contributed by atoms with Crippen molar-refractivity contribution in [2.24, 2.45) is 5.14 Å². The maximum Gasteiger partial charge on any atom is 0.338 e. The first-order valence-corrected chi connectivity index (χ1v) is 19.4. The Morgan fingerprint density at radius 2 is 1.57 bits per heavy atom. The van der Waals surface area contributed by atoms with Crippen LogP contribution in [0.25, 0.3) is 22.2 Å². The second kappa shape index (κ2) is 15.6. The molecule has 0 atom stereocenters. The van der Waals surface area contributed by atoms with Gasteiger partial charge in [0.25, 0.3) is 16.1 Å². The van der Waals surface area contributed by atoms with E-state index in [1.54, 1.807) is 11.9 Å². The average Bonchev–Trinajstić information content (AvgIpc) is 3.70. The molecule has 2 fully saturated rings. The van der Waals surface area contributed by atoms with E-state index in [1.807, 2.05) is 51.1 Å². The SMILES string of the molecule is CN(CCCCN(C)S(N)(=O)=O)C(=O)COc1ccccc1-c1c(C2CCCCC2)c2ccc(C(=O)OC(C)(C)C)cc2n1C1CCCC1.